The highest BCUT2D eigenvalue weighted by Crippen LogP contribution is 2.26. The van der Waals surface area contributed by atoms with Crippen LogP contribution >= 0.6 is 11.6 Å². The smallest absolute Gasteiger partial charge is 0.335 e. The molecule has 3 aromatic carbocycles. The summed E-state index contributed by atoms with van der Waals surface area (Å²) < 4.78 is 5.69. The molecule has 2 N–H and O–H groups in total. The first-order valence-electron chi connectivity index (χ1n) is 11.0. The number of hydrogen-bond donors (Lipinski definition) is 2. The van der Waals surface area contributed by atoms with Gasteiger partial charge in [-0.25, -0.2) is 9.69 Å². The summed E-state index contributed by atoms with van der Waals surface area (Å²) in [6.07, 6.45) is 1.32. The van der Waals surface area contributed by atoms with Gasteiger partial charge in [0.2, 0.25) is 0 Å². The Morgan fingerprint density at radius 1 is 1.00 bits per heavy atom. The number of para-hydroxylation sites is 1. The molecule has 0 aromatic heterocycles. The van der Waals surface area contributed by atoms with E-state index in [4.69, 9.17) is 16.3 Å². The number of nitrogens with one attached hydrogen (secondary N) is 2. The molecule has 36 heavy (non-hydrogen) atoms. The van der Waals surface area contributed by atoms with Crippen LogP contribution in [0.3, 0.4) is 0 Å². The van der Waals surface area contributed by atoms with E-state index in [0.717, 1.165) is 16.0 Å². The number of barbiturate groups is 1. The highest BCUT2D eigenvalue weighted by molar-refractivity contribution is 6.39. The van der Waals surface area contributed by atoms with Crippen LogP contribution in [0, 0.1) is 13.8 Å². The summed E-state index contributed by atoms with van der Waals surface area (Å²) in [6, 6.07) is 17.4. The number of benzene rings is 3. The average Bonchev–Trinajstić information content (AvgIpc) is 2.84. The van der Waals surface area contributed by atoms with E-state index >= 15 is 0 Å². The molecule has 8 nitrogen and oxygen atoms in total. The molecule has 5 amide bonds. The highest BCUT2D eigenvalue weighted by atomic mass is 35.5. The van der Waals surface area contributed by atoms with Crippen molar-refractivity contribution in [2.45, 2.75) is 13.8 Å². The number of anilines is 2. The fraction of sp³-hybridized carbons (Fsp3) is 0.111. The monoisotopic (exact) mass is 503 g/mol. The highest BCUT2D eigenvalue weighted by Gasteiger charge is 2.37. The minimum atomic E-state index is -0.864. The van der Waals surface area contributed by atoms with E-state index in [2.05, 4.69) is 10.6 Å². The molecule has 0 saturated carbocycles. The SMILES string of the molecule is Cc1ccc(NC(=O)COc2ccccc2/C=C2/C(=O)NC(=O)N(c3ccc(Cl)cc3)C2=O)cc1C. The van der Waals surface area contributed by atoms with Gasteiger partial charge in [-0.05, 0) is 73.5 Å². The molecule has 182 valence electrons. The summed E-state index contributed by atoms with van der Waals surface area (Å²) in [6.45, 7) is 3.65. The van der Waals surface area contributed by atoms with Gasteiger partial charge in [0.25, 0.3) is 17.7 Å². The first-order valence-corrected chi connectivity index (χ1v) is 11.4. The van der Waals surface area contributed by atoms with Crippen LogP contribution in [-0.2, 0) is 14.4 Å². The molecule has 1 heterocycles. The summed E-state index contributed by atoms with van der Waals surface area (Å²) in [5, 5.41) is 5.38. The third-order valence-corrected chi connectivity index (χ3v) is 5.81. The largest absolute Gasteiger partial charge is 0.483 e. The third-order valence-electron chi connectivity index (χ3n) is 5.55. The predicted molar refractivity (Wildman–Crippen MR) is 137 cm³/mol. The standard InChI is InChI=1S/C27H22ClN3O5/c1-16-7-10-20(13-17(16)2)29-24(32)15-36-23-6-4-3-5-18(23)14-22-25(33)30-27(35)31(26(22)34)21-11-8-19(28)9-12-21/h3-14H,15H2,1-2H3,(H,29,32)(H,30,33,35)/b22-14-. The molecule has 0 aliphatic carbocycles. The second-order valence-electron chi connectivity index (χ2n) is 8.11. The van der Waals surface area contributed by atoms with Crippen LogP contribution in [0.5, 0.6) is 5.75 Å². The van der Waals surface area contributed by atoms with Crippen LogP contribution in [0.2, 0.25) is 5.02 Å². The number of aryl methyl sites for hydroxylation is 2. The van der Waals surface area contributed by atoms with Crippen molar-refractivity contribution in [1.82, 2.24) is 5.32 Å². The van der Waals surface area contributed by atoms with Gasteiger partial charge >= 0.3 is 6.03 Å². The van der Waals surface area contributed by atoms with Gasteiger partial charge < -0.3 is 10.1 Å². The van der Waals surface area contributed by atoms with Gasteiger partial charge in [-0.2, -0.15) is 0 Å². The number of nitrogens with zero attached hydrogens (tertiary/aromatic N) is 1. The maximum Gasteiger partial charge on any atom is 0.335 e. The van der Waals surface area contributed by atoms with Crippen molar-refractivity contribution in [3.05, 3.63) is 94.0 Å². The van der Waals surface area contributed by atoms with Gasteiger partial charge in [0, 0.05) is 16.3 Å². The second kappa shape index (κ2) is 10.5. The molecule has 0 unspecified atom stereocenters. The van der Waals surface area contributed by atoms with Crippen LogP contribution in [0.25, 0.3) is 6.08 Å². The summed E-state index contributed by atoms with van der Waals surface area (Å²) in [5.41, 5.74) is 3.20. The molecule has 0 spiro atoms. The zero-order valence-corrected chi connectivity index (χ0v) is 20.3. The average molecular weight is 504 g/mol. The topological polar surface area (TPSA) is 105 Å². The minimum absolute atomic E-state index is 0.257. The molecule has 4 rings (SSSR count). The molecule has 1 fully saturated rings. The van der Waals surface area contributed by atoms with E-state index in [1.54, 1.807) is 30.3 Å². The Bertz CT molecular complexity index is 1400. The third kappa shape index (κ3) is 5.45. The van der Waals surface area contributed by atoms with Crippen LogP contribution in [-0.4, -0.2) is 30.4 Å². The number of halogens is 1. The fourth-order valence-electron chi connectivity index (χ4n) is 3.53. The molecular formula is C27H22ClN3O5. The molecule has 1 aliphatic heterocycles. The zero-order valence-electron chi connectivity index (χ0n) is 19.5. The first-order chi connectivity index (χ1) is 17.2. The van der Waals surface area contributed by atoms with Crippen LogP contribution < -0.4 is 20.3 Å². The fourth-order valence-corrected chi connectivity index (χ4v) is 3.65. The van der Waals surface area contributed by atoms with Crippen molar-refractivity contribution in [1.29, 1.82) is 0 Å². The van der Waals surface area contributed by atoms with Crippen LogP contribution in [0.1, 0.15) is 16.7 Å². The number of hydrogen-bond acceptors (Lipinski definition) is 5. The van der Waals surface area contributed by atoms with Crippen molar-refractivity contribution < 1.29 is 23.9 Å². The first kappa shape index (κ1) is 24.7. The Hall–Kier alpha value is -4.43. The van der Waals surface area contributed by atoms with Crippen molar-refractivity contribution >= 4 is 52.8 Å². The Labute approximate surface area is 212 Å². The summed E-state index contributed by atoms with van der Waals surface area (Å²) in [4.78, 5) is 51.3. The second-order valence-corrected chi connectivity index (χ2v) is 8.54. The number of ether oxygens (including phenoxy) is 1. The van der Waals surface area contributed by atoms with E-state index in [-0.39, 0.29) is 29.5 Å². The maximum atomic E-state index is 13.1. The number of amides is 5. The Morgan fingerprint density at radius 3 is 2.44 bits per heavy atom. The lowest BCUT2D eigenvalue weighted by molar-refractivity contribution is -0.122. The van der Waals surface area contributed by atoms with Gasteiger partial charge in [-0.15, -0.1) is 0 Å². The lowest BCUT2D eigenvalue weighted by atomic mass is 10.1. The molecule has 1 aliphatic rings. The van der Waals surface area contributed by atoms with Gasteiger partial charge in [-0.1, -0.05) is 35.9 Å². The van der Waals surface area contributed by atoms with Crippen molar-refractivity contribution in [2.24, 2.45) is 0 Å². The van der Waals surface area contributed by atoms with E-state index < -0.39 is 17.8 Å². The summed E-state index contributed by atoms with van der Waals surface area (Å²) in [5.74, 6) is -1.71. The van der Waals surface area contributed by atoms with Crippen molar-refractivity contribution in [3.8, 4) is 5.75 Å². The lowest BCUT2D eigenvalue weighted by Crippen LogP contribution is -2.54. The van der Waals surface area contributed by atoms with E-state index in [1.165, 1.54) is 30.3 Å². The Morgan fingerprint density at radius 2 is 1.72 bits per heavy atom. The molecule has 1 saturated heterocycles. The molecule has 0 radical (unpaired) electrons. The quantitative estimate of drug-likeness (QED) is 0.376. The van der Waals surface area contributed by atoms with E-state index in [1.807, 2.05) is 26.0 Å². The number of carbonyl (C=O) groups is 4. The van der Waals surface area contributed by atoms with E-state index in [9.17, 15) is 19.2 Å². The zero-order chi connectivity index (χ0) is 25.8. The van der Waals surface area contributed by atoms with E-state index in [0.29, 0.717) is 16.3 Å². The van der Waals surface area contributed by atoms with Crippen molar-refractivity contribution in [3.63, 3.8) is 0 Å². The van der Waals surface area contributed by atoms with Gasteiger partial charge in [0.15, 0.2) is 6.61 Å². The maximum absolute atomic E-state index is 13.1. The Kier molecular flexibility index (Phi) is 7.17. The van der Waals surface area contributed by atoms with Crippen LogP contribution in [0.4, 0.5) is 16.2 Å². The lowest BCUT2D eigenvalue weighted by Gasteiger charge is -2.26. The molecule has 3 aromatic rings. The number of imide groups is 2. The molecular weight excluding hydrogens is 482 g/mol. The van der Waals surface area contributed by atoms with Gasteiger partial charge in [0.1, 0.15) is 11.3 Å². The molecule has 0 atom stereocenters. The summed E-state index contributed by atoms with van der Waals surface area (Å²) in [7, 11) is 0. The number of rotatable bonds is 6. The number of carbonyl (C=O) groups excluding carboxylic acids is 4. The molecule has 0 bridgehead atoms. The van der Waals surface area contributed by atoms with Gasteiger partial charge in [-0.3, -0.25) is 19.7 Å². The van der Waals surface area contributed by atoms with Crippen LogP contribution in [0.15, 0.2) is 72.3 Å². The van der Waals surface area contributed by atoms with Gasteiger partial charge in [0.05, 0.1) is 5.69 Å². The predicted octanol–water partition coefficient (Wildman–Crippen LogP) is 4.64. The number of urea groups is 1. The van der Waals surface area contributed by atoms with Crippen molar-refractivity contribution in [2.75, 3.05) is 16.8 Å². The molecule has 9 heteroatoms. The normalized spacial score (nSPS) is 14.6. The summed E-state index contributed by atoms with van der Waals surface area (Å²) >= 11 is 5.90. The Balaban J connectivity index is 1.53. The minimum Gasteiger partial charge on any atom is -0.483 e.